The van der Waals surface area contributed by atoms with Crippen molar-refractivity contribution in [3.05, 3.63) is 59.2 Å². The van der Waals surface area contributed by atoms with Gasteiger partial charge in [0.25, 0.3) is 0 Å². The van der Waals surface area contributed by atoms with Crippen molar-refractivity contribution in [2.24, 2.45) is 0 Å². The largest absolute Gasteiger partial charge is 0.508 e. The van der Waals surface area contributed by atoms with Crippen LogP contribution in [-0.4, -0.2) is 18.2 Å². The molecule has 0 aromatic heterocycles. The minimum Gasteiger partial charge on any atom is -0.508 e. The number of hydrogen-bond acceptors (Lipinski definition) is 4. The summed E-state index contributed by atoms with van der Waals surface area (Å²) in [5.41, 5.74) is 1.86. The number of carbonyl (C=O) groups is 1. The molecule has 20 heavy (non-hydrogen) atoms. The zero-order chi connectivity index (χ0) is 14.5. The van der Waals surface area contributed by atoms with Crippen LogP contribution < -0.4 is 4.74 Å². The Morgan fingerprint density at radius 1 is 1.20 bits per heavy atom. The molecule has 4 heteroatoms. The van der Waals surface area contributed by atoms with Crippen LogP contribution >= 0.6 is 0 Å². The second-order valence-electron chi connectivity index (χ2n) is 4.38. The molecule has 0 saturated carbocycles. The maximum absolute atomic E-state index is 11.5. The Labute approximate surface area is 117 Å². The highest BCUT2D eigenvalue weighted by Gasteiger charge is 2.13. The van der Waals surface area contributed by atoms with Crippen LogP contribution in [0.5, 0.6) is 11.5 Å². The van der Waals surface area contributed by atoms with Crippen LogP contribution in [0.25, 0.3) is 0 Å². The van der Waals surface area contributed by atoms with Crippen molar-refractivity contribution in [2.45, 2.75) is 13.5 Å². The summed E-state index contributed by atoms with van der Waals surface area (Å²) in [5, 5.41) is 9.83. The van der Waals surface area contributed by atoms with Gasteiger partial charge in [0.05, 0.1) is 12.7 Å². The van der Waals surface area contributed by atoms with E-state index in [1.165, 1.54) is 13.2 Å². The first-order valence-corrected chi connectivity index (χ1v) is 6.20. The van der Waals surface area contributed by atoms with E-state index in [0.717, 1.165) is 5.56 Å². The monoisotopic (exact) mass is 272 g/mol. The third-order valence-corrected chi connectivity index (χ3v) is 2.99. The van der Waals surface area contributed by atoms with E-state index in [1.807, 2.05) is 30.3 Å². The Balaban J connectivity index is 2.22. The van der Waals surface area contributed by atoms with E-state index in [1.54, 1.807) is 13.0 Å². The predicted molar refractivity (Wildman–Crippen MR) is 75.0 cm³/mol. The zero-order valence-electron chi connectivity index (χ0n) is 11.4. The Bertz CT molecular complexity index is 605. The van der Waals surface area contributed by atoms with Crippen molar-refractivity contribution < 1.29 is 19.4 Å². The standard InChI is InChI=1S/C16H16O4/c1-11-14(17)8-13(16(18)19-2)9-15(11)20-10-12-6-4-3-5-7-12/h3-9,17H,10H2,1-2H3. The molecule has 0 unspecified atom stereocenters. The summed E-state index contributed by atoms with van der Waals surface area (Å²) in [5.74, 6) is -0.0323. The molecule has 1 N–H and O–H groups in total. The second kappa shape index (κ2) is 6.10. The molecule has 4 nitrogen and oxygen atoms in total. The fraction of sp³-hybridized carbons (Fsp3) is 0.188. The summed E-state index contributed by atoms with van der Waals surface area (Å²) >= 11 is 0. The van der Waals surface area contributed by atoms with Gasteiger partial charge in [-0.2, -0.15) is 0 Å². The van der Waals surface area contributed by atoms with Gasteiger partial charge in [-0.15, -0.1) is 0 Å². The van der Waals surface area contributed by atoms with Crippen LogP contribution in [0.1, 0.15) is 21.5 Å². The minimum atomic E-state index is -0.509. The van der Waals surface area contributed by atoms with Crippen molar-refractivity contribution in [3.63, 3.8) is 0 Å². The Kier molecular flexibility index (Phi) is 4.25. The Hall–Kier alpha value is -2.49. The molecule has 0 aliphatic carbocycles. The fourth-order valence-electron chi connectivity index (χ4n) is 1.79. The van der Waals surface area contributed by atoms with Crippen molar-refractivity contribution in [3.8, 4) is 11.5 Å². The lowest BCUT2D eigenvalue weighted by atomic mass is 10.1. The number of benzene rings is 2. The van der Waals surface area contributed by atoms with E-state index in [9.17, 15) is 9.90 Å². The number of hydrogen-bond donors (Lipinski definition) is 1. The van der Waals surface area contributed by atoms with Gasteiger partial charge in [0.1, 0.15) is 18.1 Å². The molecule has 0 spiro atoms. The van der Waals surface area contributed by atoms with Gasteiger partial charge in [-0.05, 0) is 24.6 Å². The predicted octanol–water partition coefficient (Wildman–Crippen LogP) is 3.07. The Morgan fingerprint density at radius 2 is 1.90 bits per heavy atom. The van der Waals surface area contributed by atoms with Gasteiger partial charge in [-0.3, -0.25) is 0 Å². The average Bonchev–Trinajstić information content (AvgIpc) is 2.48. The number of phenols is 1. The molecule has 104 valence electrons. The molecule has 2 aromatic carbocycles. The number of phenolic OH excluding ortho intramolecular Hbond substituents is 1. The highest BCUT2D eigenvalue weighted by molar-refractivity contribution is 5.90. The van der Waals surface area contributed by atoms with E-state index in [0.29, 0.717) is 17.9 Å². The van der Waals surface area contributed by atoms with E-state index >= 15 is 0 Å². The molecule has 0 radical (unpaired) electrons. The zero-order valence-corrected chi connectivity index (χ0v) is 11.4. The van der Waals surface area contributed by atoms with Crippen LogP contribution in [-0.2, 0) is 11.3 Å². The lowest BCUT2D eigenvalue weighted by Crippen LogP contribution is -2.03. The minimum absolute atomic E-state index is 0.0101. The summed E-state index contributed by atoms with van der Waals surface area (Å²) in [7, 11) is 1.30. The van der Waals surface area contributed by atoms with Gasteiger partial charge in [-0.1, -0.05) is 30.3 Å². The summed E-state index contributed by atoms with van der Waals surface area (Å²) in [6, 6.07) is 12.6. The molecule has 2 rings (SSSR count). The highest BCUT2D eigenvalue weighted by Crippen LogP contribution is 2.29. The van der Waals surface area contributed by atoms with Gasteiger partial charge in [0.2, 0.25) is 0 Å². The smallest absolute Gasteiger partial charge is 0.338 e. The maximum atomic E-state index is 11.5. The third kappa shape index (κ3) is 3.09. The number of rotatable bonds is 4. The fourth-order valence-corrected chi connectivity index (χ4v) is 1.79. The molecule has 0 amide bonds. The number of aromatic hydroxyl groups is 1. The quantitative estimate of drug-likeness (QED) is 0.869. The van der Waals surface area contributed by atoms with Crippen molar-refractivity contribution >= 4 is 5.97 Å². The molecule has 0 saturated heterocycles. The molecule has 0 fully saturated rings. The number of esters is 1. The van der Waals surface area contributed by atoms with Crippen molar-refractivity contribution in [1.29, 1.82) is 0 Å². The number of methoxy groups -OCH3 is 1. The normalized spacial score (nSPS) is 10.1. The van der Waals surface area contributed by atoms with Gasteiger partial charge in [0, 0.05) is 5.56 Å². The van der Waals surface area contributed by atoms with E-state index in [2.05, 4.69) is 4.74 Å². The first kappa shape index (κ1) is 13.9. The molecular weight excluding hydrogens is 256 g/mol. The van der Waals surface area contributed by atoms with Crippen LogP contribution in [0, 0.1) is 6.92 Å². The first-order valence-electron chi connectivity index (χ1n) is 6.20. The first-order chi connectivity index (χ1) is 9.61. The third-order valence-electron chi connectivity index (χ3n) is 2.99. The molecule has 2 aromatic rings. The second-order valence-corrected chi connectivity index (χ2v) is 4.38. The van der Waals surface area contributed by atoms with Crippen LogP contribution in [0.2, 0.25) is 0 Å². The van der Waals surface area contributed by atoms with E-state index in [4.69, 9.17) is 4.74 Å². The number of ether oxygens (including phenoxy) is 2. The van der Waals surface area contributed by atoms with Crippen LogP contribution in [0.4, 0.5) is 0 Å². The van der Waals surface area contributed by atoms with Gasteiger partial charge in [-0.25, -0.2) is 4.79 Å². The van der Waals surface area contributed by atoms with Gasteiger partial charge < -0.3 is 14.6 Å². The Morgan fingerprint density at radius 3 is 2.55 bits per heavy atom. The maximum Gasteiger partial charge on any atom is 0.338 e. The van der Waals surface area contributed by atoms with E-state index < -0.39 is 5.97 Å². The SMILES string of the molecule is COC(=O)c1cc(O)c(C)c(OCc2ccccc2)c1. The molecule has 0 bridgehead atoms. The molecule has 0 atom stereocenters. The van der Waals surface area contributed by atoms with Crippen molar-refractivity contribution in [1.82, 2.24) is 0 Å². The van der Waals surface area contributed by atoms with Crippen LogP contribution in [0.3, 0.4) is 0 Å². The molecule has 0 aliphatic heterocycles. The summed E-state index contributed by atoms with van der Waals surface area (Å²) in [6.45, 7) is 2.10. The summed E-state index contributed by atoms with van der Waals surface area (Å²) in [6.07, 6.45) is 0. The summed E-state index contributed by atoms with van der Waals surface area (Å²) in [4.78, 5) is 11.5. The average molecular weight is 272 g/mol. The molecule has 0 aliphatic rings. The van der Waals surface area contributed by atoms with Gasteiger partial charge in [0.15, 0.2) is 0 Å². The lowest BCUT2D eigenvalue weighted by Gasteiger charge is -2.12. The summed E-state index contributed by atoms with van der Waals surface area (Å²) < 4.78 is 10.3. The van der Waals surface area contributed by atoms with E-state index in [-0.39, 0.29) is 11.3 Å². The van der Waals surface area contributed by atoms with Gasteiger partial charge >= 0.3 is 5.97 Å². The lowest BCUT2D eigenvalue weighted by molar-refractivity contribution is 0.0599. The van der Waals surface area contributed by atoms with Crippen molar-refractivity contribution in [2.75, 3.05) is 7.11 Å². The van der Waals surface area contributed by atoms with Crippen LogP contribution in [0.15, 0.2) is 42.5 Å². The molecular formula is C16H16O4. The topological polar surface area (TPSA) is 55.8 Å². The number of carbonyl (C=O) groups excluding carboxylic acids is 1. The highest BCUT2D eigenvalue weighted by atomic mass is 16.5. The molecule has 0 heterocycles.